The second-order valence-electron chi connectivity index (χ2n) is 4.62. The zero-order valence-corrected chi connectivity index (χ0v) is 11.9. The van der Waals surface area contributed by atoms with Crippen LogP contribution in [0.4, 0.5) is 5.69 Å². The summed E-state index contributed by atoms with van der Waals surface area (Å²) in [4.78, 5) is 0. The van der Waals surface area contributed by atoms with Gasteiger partial charge in [0.2, 0.25) is 0 Å². The number of aryl methyl sites for hydroxylation is 1. The Morgan fingerprint density at radius 1 is 1.05 bits per heavy atom. The van der Waals surface area contributed by atoms with Gasteiger partial charge in [-0.25, -0.2) is 0 Å². The fourth-order valence-corrected chi connectivity index (χ4v) is 2.23. The van der Waals surface area contributed by atoms with Crippen molar-refractivity contribution in [1.82, 2.24) is 0 Å². The van der Waals surface area contributed by atoms with Crippen molar-refractivity contribution in [3.8, 4) is 11.5 Å². The number of anilines is 1. The van der Waals surface area contributed by atoms with E-state index in [9.17, 15) is 5.11 Å². The highest BCUT2D eigenvalue weighted by atomic mass is 16.5. The van der Waals surface area contributed by atoms with Crippen molar-refractivity contribution in [1.29, 1.82) is 0 Å². The largest absolute Gasteiger partial charge is 0.493 e. The van der Waals surface area contributed by atoms with Crippen LogP contribution in [0.1, 0.15) is 22.8 Å². The molecular weight excluding hydrogens is 254 g/mol. The van der Waals surface area contributed by atoms with E-state index < -0.39 is 6.10 Å². The minimum Gasteiger partial charge on any atom is -0.493 e. The predicted octanol–water partition coefficient (Wildman–Crippen LogP) is 2.68. The molecule has 4 nitrogen and oxygen atoms in total. The number of rotatable bonds is 4. The summed E-state index contributed by atoms with van der Waals surface area (Å²) >= 11 is 0. The lowest BCUT2D eigenvalue weighted by molar-refractivity contribution is 0.213. The van der Waals surface area contributed by atoms with Gasteiger partial charge in [-0.15, -0.1) is 0 Å². The van der Waals surface area contributed by atoms with E-state index in [4.69, 9.17) is 15.2 Å². The van der Waals surface area contributed by atoms with E-state index in [0.29, 0.717) is 28.3 Å². The smallest absolute Gasteiger partial charge is 0.166 e. The maximum Gasteiger partial charge on any atom is 0.166 e. The summed E-state index contributed by atoms with van der Waals surface area (Å²) < 4.78 is 10.6. The highest BCUT2D eigenvalue weighted by molar-refractivity contribution is 5.56. The quantitative estimate of drug-likeness (QED) is 0.841. The average molecular weight is 273 g/mol. The van der Waals surface area contributed by atoms with Crippen LogP contribution in [0, 0.1) is 6.92 Å². The molecule has 4 heteroatoms. The lowest BCUT2D eigenvalue weighted by Gasteiger charge is -2.19. The molecule has 20 heavy (non-hydrogen) atoms. The molecule has 3 N–H and O–H groups in total. The normalized spacial score (nSPS) is 12.0. The number of nitrogens with two attached hydrogens (primary N) is 1. The molecule has 0 heterocycles. The van der Waals surface area contributed by atoms with Crippen LogP contribution >= 0.6 is 0 Å². The number of aliphatic hydroxyl groups is 1. The molecule has 2 aromatic rings. The van der Waals surface area contributed by atoms with E-state index in [1.807, 2.05) is 25.1 Å². The van der Waals surface area contributed by atoms with Gasteiger partial charge < -0.3 is 20.3 Å². The van der Waals surface area contributed by atoms with Crippen molar-refractivity contribution < 1.29 is 14.6 Å². The van der Waals surface area contributed by atoms with Gasteiger partial charge in [0.05, 0.1) is 14.2 Å². The van der Waals surface area contributed by atoms with Crippen LogP contribution < -0.4 is 15.2 Å². The van der Waals surface area contributed by atoms with Gasteiger partial charge in [-0.1, -0.05) is 29.8 Å². The highest BCUT2D eigenvalue weighted by Gasteiger charge is 2.20. The summed E-state index contributed by atoms with van der Waals surface area (Å²) in [6.07, 6.45) is -0.861. The van der Waals surface area contributed by atoms with E-state index in [2.05, 4.69) is 0 Å². The van der Waals surface area contributed by atoms with Gasteiger partial charge in [0, 0.05) is 16.8 Å². The lowest BCUT2D eigenvalue weighted by Crippen LogP contribution is -2.06. The Labute approximate surface area is 118 Å². The molecule has 0 bridgehead atoms. The fourth-order valence-electron chi connectivity index (χ4n) is 2.23. The number of ether oxygens (including phenoxy) is 2. The molecule has 2 aromatic carbocycles. The van der Waals surface area contributed by atoms with Gasteiger partial charge in [-0.2, -0.15) is 0 Å². The molecule has 0 saturated carbocycles. The van der Waals surface area contributed by atoms with Crippen LogP contribution in [0.3, 0.4) is 0 Å². The summed E-state index contributed by atoms with van der Waals surface area (Å²) in [5.74, 6) is 1.10. The number of hydrogen-bond donors (Lipinski definition) is 2. The minimum absolute atomic E-state index is 0.517. The van der Waals surface area contributed by atoms with Crippen molar-refractivity contribution >= 4 is 5.69 Å². The molecule has 0 saturated heterocycles. The van der Waals surface area contributed by atoms with Crippen LogP contribution in [0.25, 0.3) is 0 Å². The third-order valence-corrected chi connectivity index (χ3v) is 3.26. The number of nitrogen functional groups attached to an aromatic ring is 1. The van der Waals surface area contributed by atoms with Crippen LogP contribution in [0.2, 0.25) is 0 Å². The Morgan fingerprint density at radius 2 is 1.80 bits per heavy atom. The molecule has 0 fully saturated rings. The second kappa shape index (κ2) is 5.84. The van der Waals surface area contributed by atoms with E-state index >= 15 is 0 Å². The average Bonchev–Trinajstić information content (AvgIpc) is 2.48. The molecule has 0 spiro atoms. The SMILES string of the molecule is COc1cccc(C(O)c2cc(C)ccc2N)c1OC. The van der Waals surface area contributed by atoms with E-state index in [0.717, 1.165) is 5.56 Å². The van der Waals surface area contributed by atoms with Crippen molar-refractivity contribution in [2.75, 3.05) is 20.0 Å². The van der Waals surface area contributed by atoms with Crippen molar-refractivity contribution in [2.24, 2.45) is 0 Å². The Balaban J connectivity index is 2.53. The van der Waals surface area contributed by atoms with Crippen LogP contribution in [0.15, 0.2) is 36.4 Å². The second-order valence-corrected chi connectivity index (χ2v) is 4.62. The summed E-state index contributed by atoms with van der Waals surface area (Å²) in [5, 5.41) is 10.6. The first-order chi connectivity index (χ1) is 9.58. The molecule has 106 valence electrons. The van der Waals surface area contributed by atoms with Crippen LogP contribution in [0.5, 0.6) is 11.5 Å². The fraction of sp³-hybridized carbons (Fsp3) is 0.250. The highest BCUT2D eigenvalue weighted by Crippen LogP contribution is 2.38. The van der Waals surface area contributed by atoms with Crippen molar-refractivity contribution in [2.45, 2.75) is 13.0 Å². The summed E-state index contributed by atoms with van der Waals surface area (Å²) in [7, 11) is 3.11. The first-order valence-corrected chi connectivity index (χ1v) is 6.33. The van der Waals surface area contributed by atoms with Gasteiger partial charge in [-0.3, -0.25) is 0 Å². The molecule has 0 amide bonds. The summed E-state index contributed by atoms with van der Waals surface area (Å²) in [6, 6.07) is 11.0. The summed E-state index contributed by atoms with van der Waals surface area (Å²) in [6.45, 7) is 1.96. The molecule has 0 radical (unpaired) electrons. The number of hydrogen-bond acceptors (Lipinski definition) is 4. The van der Waals surface area contributed by atoms with Gasteiger partial charge in [-0.05, 0) is 19.1 Å². The Hall–Kier alpha value is -2.20. The first-order valence-electron chi connectivity index (χ1n) is 6.33. The Bertz CT molecular complexity index is 611. The maximum atomic E-state index is 10.6. The Kier molecular flexibility index (Phi) is 4.15. The third-order valence-electron chi connectivity index (χ3n) is 3.26. The molecular formula is C16H19NO3. The molecule has 0 aromatic heterocycles. The molecule has 1 atom stereocenters. The molecule has 0 aliphatic heterocycles. The zero-order valence-electron chi connectivity index (χ0n) is 11.9. The maximum absolute atomic E-state index is 10.6. The number of benzene rings is 2. The van der Waals surface area contributed by atoms with Crippen LogP contribution in [-0.2, 0) is 0 Å². The van der Waals surface area contributed by atoms with Gasteiger partial charge in [0.1, 0.15) is 6.10 Å². The molecule has 1 unspecified atom stereocenters. The van der Waals surface area contributed by atoms with Crippen molar-refractivity contribution in [3.63, 3.8) is 0 Å². The molecule has 2 rings (SSSR count). The minimum atomic E-state index is -0.861. The lowest BCUT2D eigenvalue weighted by atomic mass is 9.97. The standard InChI is InChI=1S/C16H19NO3/c1-10-7-8-13(17)12(9-10)15(18)11-5-4-6-14(19-2)16(11)20-3/h4-9,15,18H,17H2,1-3H3. The van der Waals surface area contributed by atoms with E-state index in [1.54, 1.807) is 32.4 Å². The zero-order chi connectivity index (χ0) is 14.7. The monoisotopic (exact) mass is 273 g/mol. The summed E-state index contributed by atoms with van der Waals surface area (Å²) in [5.41, 5.74) is 8.84. The topological polar surface area (TPSA) is 64.7 Å². The van der Waals surface area contributed by atoms with E-state index in [1.165, 1.54) is 0 Å². The van der Waals surface area contributed by atoms with Crippen LogP contribution in [-0.4, -0.2) is 19.3 Å². The third kappa shape index (κ3) is 2.56. The van der Waals surface area contributed by atoms with Gasteiger partial charge in [0.25, 0.3) is 0 Å². The van der Waals surface area contributed by atoms with E-state index in [-0.39, 0.29) is 0 Å². The number of methoxy groups -OCH3 is 2. The molecule has 0 aliphatic carbocycles. The van der Waals surface area contributed by atoms with Gasteiger partial charge >= 0.3 is 0 Å². The predicted molar refractivity (Wildman–Crippen MR) is 79.2 cm³/mol. The molecule has 0 aliphatic rings. The van der Waals surface area contributed by atoms with Crippen molar-refractivity contribution in [3.05, 3.63) is 53.1 Å². The Morgan fingerprint density at radius 3 is 2.45 bits per heavy atom. The van der Waals surface area contributed by atoms with Gasteiger partial charge in [0.15, 0.2) is 11.5 Å². The number of aliphatic hydroxyl groups excluding tert-OH is 1. The first kappa shape index (κ1) is 14.2. The number of para-hydroxylation sites is 1.